The van der Waals surface area contributed by atoms with Gasteiger partial charge in [0.15, 0.2) is 11.5 Å². The molecule has 1 amide bonds. The summed E-state index contributed by atoms with van der Waals surface area (Å²) in [4.78, 5) is 24.8. The highest BCUT2D eigenvalue weighted by atomic mass is 16.6. The van der Waals surface area contributed by atoms with Crippen LogP contribution in [0.3, 0.4) is 0 Å². The van der Waals surface area contributed by atoms with Gasteiger partial charge >= 0.3 is 0 Å². The average molecular weight is 366 g/mol. The van der Waals surface area contributed by atoms with Crippen molar-refractivity contribution < 1.29 is 24.1 Å². The number of hydrogen-bond donors (Lipinski definition) is 2. The topological polar surface area (TPSA) is 95.1 Å². The first-order chi connectivity index (χ1) is 12.3. The predicted octanol–water partition coefficient (Wildman–Crippen LogP) is 1.19. The summed E-state index contributed by atoms with van der Waals surface area (Å²) in [5.41, 5.74) is -0.346. The number of hydrogen-bond acceptors (Lipinski definition) is 5. The van der Waals surface area contributed by atoms with Gasteiger partial charge in [-0.05, 0) is 12.8 Å². The quantitative estimate of drug-likeness (QED) is 0.558. The van der Waals surface area contributed by atoms with Crippen molar-refractivity contribution in [2.24, 2.45) is 0 Å². The number of nitrogens with one attached hydrogen (secondary N) is 2. The molecule has 144 valence electrons. The molecule has 2 N–H and O–H groups in total. The summed E-state index contributed by atoms with van der Waals surface area (Å²) in [7, 11) is 7.01. The van der Waals surface area contributed by atoms with E-state index in [9.17, 15) is 14.9 Å². The van der Waals surface area contributed by atoms with E-state index in [1.165, 1.54) is 37.7 Å². The van der Waals surface area contributed by atoms with Crippen LogP contribution in [0.25, 0.3) is 0 Å². The summed E-state index contributed by atoms with van der Waals surface area (Å²) in [6.45, 7) is 0.486. The van der Waals surface area contributed by atoms with Crippen LogP contribution in [-0.2, 0) is 0 Å². The van der Waals surface area contributed by atoms with Crippen molar-refractivity contribution in [3.05, 3.63) is 27.8 Å². The molecule has 0 bridgehead atoms. The number of nitro groups is 1. The number of benzene rings is 1. The fourth-order valence-corrected chi connectivity index (χ4v) is 3.63. The molecule has 0 spiro atoms. The Hall–Kier alpha value is -2.35. The standard InChI is InChI=1S/C18H27N3O5/c1-20(2)18(8-6-5-7-9-18)12-19-17(22)13-10-15(25-3)16(26-4)11-14(13)21(23)24/h10-11H,5-9,12H2,1-4H3,(H,19,22)/p+1. The Morgan fingerprint density at radius 3 is 2.27 bits per heavy atom. The molecule has 0 unspecified atom stereocenters. The Balaban J connectivity index is 2.26. The third-order valence-electron chi connectivity index (χ3n) is 5.40. The Labute approximate surface area is 153 Å². The van der Waals surface area contributed by atoms with Gasteiger partial charge in [0.05, 0.1) is 45.8 Å². The van der Waals surface area contributed by atoms with Crippen LogP contribution in [0, 0.1) is 10.1 Å². The van der Waals surface area contributed by atoms with Crippen molar-refractivity contribution in [3.8, 4) is 11.5 Å². The normalized spacial score (nSPS) is 16.2. The van der Waals surface area contributed by atoms with Crippen LogP contribution in [0.5, 0.6) is 11.5 Å². The summed E-state index contributed by atoms with van der Waals surface area (Å²) in [5.74, 6) is 0.0370. The summed E-state index contributed by atoms with van der Waals surface area (Å²) in [6, 6.07) is 2.59. The van der Waals surface area contributed by atoms with Gasteiger partial charge in [0.2, 0.25) is 0 Å². The molecule has 1 aliphatic carbocycles. The highest BCUT2D eigenvalue weighted by Gasteiger charge is 2.38. The SMILES string of the molecule is COc1cc(C(=O)NCC2([NH+](C)C)CCCCC2)c([N+](=O)[O-])cc1OC. The molecule has 0 aromatic heterocycles. The molecule has 0 heterocycles. The minimum atomic E-state index is -0.579. The van der Waals surface area contributed by atoms with E-state index in [-0.39, 0.29) is 28.3 Å². The van der Waals surface area contributed by atoms with Crippen molar-refractivity contribution in [3.63, 3.8) is 0 Å². The number of rotatable bonds is 7. The number of carbonyl (C=O) groups excluding carboxylic acids is 1. The van der Waals surface area contributed by atoms with E-state index in [4.69, 9.17) is 9.47 Å². The minimum absolute atomic E-state index is 0.0210. The molecule has 0 aliphatic heterocycles. The van der Waals surface area contributed by atoms with Crippen molar-refractivity contribution in [2.45, 2.75) is 37.6 Å². The molecule has 8 nitrogen and oxygen atoms in total. The first kappa shape index (κ1) is 20.0. The Bertz CT molecular complexity index is 669. The Kier molecular flexibility index (Phi) is 6.42. The monoisotopic (exact) mass is 366 g/mol. The fraction of sp³-hybridized carbons (Fsp3) is 0.611. The maximum Gasteiger partial charge on any atom is 0.286 e. The van der Waals surface area contributed by atoms with E-state index in [1.807, 2.05) is 0 Å². The van der Waals surface area contributed by atoms with Gasteiger partial charge in [-0.3, -0.25) is 14.9 Å². The molecular formula is C18H28N3O5+. The molecule has 26 heavy (non-hydrogen) atoms. The molecule has 0 saturated heterocycles. The predicted molar refractivity (Wildman–Crippen MR) is 97.2 cm³/mol. The third-order valence-corrected chi connectivity index (χ3v) is 5.40. The molecule has 1 fully saturated rings. The highest BCUT2D eigenvalue weighted by molar-refractivity contribution is 5.99. The number of nitro benzene ring substituents is 1. The number of likely N-dealkylation sites (N-methyl/N-ethyl adjacent to an activating group) is 1. The first-order valence-electron chi connectivity index (χ1n) is 8.84. The van der Waals surface area contributed by atoms with Crippen LogP contribution in [0.1, 0.15) is 42.5 Å². The van der Waals surface area contributed by atoms with Crippen LogP contribution in [0.2, 0.25) is 0 Å². The summed E-state index contributed by atoms with van der Waals surface area (Å²) >= 11 is 0. The van der Waals surface area contributed by atoms with E-state index in [1.54, 1.807) is 0 Å². The van der Waals surface area contributed by atoms with Gasteiger partial charge in [0, 0.05) is 18.9 Å². The second-order valence-electron chi connectivity index (χ2n) is 7.01. The van der Waals surface area contributed by atoms with Crippen molar-refractivity contribution in [1.82, 2.24) is 5.32 Å². The molecular weight excluding hydrogens is 338 g/mol. The van der Waals surface area contributed by atoms with Crippen molar-refractivity contribution in [2.75, 3.05) is 34.9 Å². The van der Waals surface area contributed by atoms with E-state index < -0.39 is 10.8 Å². The highest BCUT2D eigenvalue weighted by Crippen LogP contribution is 2.34. The van der Waals surface area contributed by atoms with Crippen molar-refractivity contribution >= 4 is 11.6 Å². The van der Waals surface area contributed by atoms with Crippen LogP contribution >= 0.6 is 0 Å². The molecule has 8 heteroatoms. The maximum absolute atomic E-state index is 12.7. The number of quaternary nitrogens is 1. The van der Waals surface area contributed by atoms with Crippen LogP contribution in [0.4, 0.5) is 5.69 Å². The summed E-state index contributed by atoms with van der Waals surface area (Å²) < 4.78 is 10.3. The summed E-state index contributed by atoms with van der Waals surface area (Å²) in [6.07, 6.45) is 5.55. The fourth-order valence-electron chi connectivity index (χ4n) is 3.63. The second kappa shape index (κ2) is 8.35. The number of ether oxygens (including phenoxy) is 2. The first-order valence-corrected chi connectivity index (χ1v) is 8.84. The zero-order valence-corrected chi connectivity index (χ0v) is 15.9. The lowest BCUT2D eigenvalue weighted by molar-refractivity contribution is -0.916. The second-order valence-corrected chi connectivity index (χ2v) is 7.01. The maximum atomic E-state index is 12.7. The smallest absolute Gasteiger partial charge is 0.286 e. The third kappa shape index (κ3) is 4.07. The molecule has 0 atom stereocenters. The Morgan fingerprint density at radius 2 is 1.77 bits per heavy atom. The van der Waals surface area contributed by atoms with Gasteiger partial charge in [0.1, 0.15) is 11.1 Å². The van der Waals surface area contributed by atoms with Crippen LogP contribution < -0.4 is 19.7 Å². The molecule has 2 rings (SSSR count). The number of carbonyl (C=O) groups is 1. The lowest BCUT2D eigenvalue weighted by atomic mass is 9.80. The zero-order valence-electron chi connectivity index (χ0n) is 15.9. The van der Waals surface area contributed by atoms with E-state index in [0.29, 0.717) is 6.54 Å². The van der Waals surface area contributed by atoms with Gasteiger partial charge in [-0.1, -0.05) is 6.42 Å². The van der Waals surface area contributed by atoms with Crippen LogP contribution in [0.15, 0.2) is 12.1 Å². The van der Waals surface area contributed by atoms with E-state index in [0.717, 1.165) is 25.7 Å². The molecule has 1 aliphatic rings. The van der Waals surface area contributed by atoms with Gasteiger partial charge in [0.25, 0.3) is 11.6 Å². The van der Waals surface area contributed by atoms with Crippen molar-refractivity contribution in [1.29, 1.82) is 0 Å². The summed E-state index contributed by atoms with van der Waals surface area (Å²) in [5, 5.41) is 14.3. The molecule has 1 saturated carbocycles. The minimum Gasteiger partial charge on any atom is -0.493 e. The average Bonchev–Trinajstić information content (AvgIpc) is 2.65. The molecule has 0 radical (unpaired) electrons. The van der Waals surface area contributed by atoms with E-state index >= 15 is 0 Å². The van der Waals surface area contributed by atoms with Gasteiger partial charge in [-0.2, -0.15) is 0 Å². The number of amides is 1. The lowest BCUT2D eigenvalue weighted by Gasteiger charge is -2.39. The molecule has 1 aromatic carbocycles. The van der Waals surface area contributed by atoms with Gasteiger partial charge < -0.3 is 19.7 Å². The van der Waals surface area contributed by atoms with E-state index in [2.05, 4.69) is 19.4 Å². The van der Waals surface area contributed by atoms with Crippen LogP contribution in [-0.4, -0.2) is 51.2 Å². The molecule has 1 aromatic rings. The Morgan fingerprint density at radius 1 is 1.19 bits per heavy atom. The largest absolute Gasteiger partial charge is 0.493 e. The number of nitrogens with zero attached hydrogens (tertiary/aromatic N) is 1. The van der Waals surface area contributed by atoms with Gasteiger partial charge in [-0.15, -0.1) is 0 Å². The van der Waals surface area contributed by atoms with Gasteiger partial charge in [-0.25, -0.2) is 0 Å². The zero-order chi connectivity index (χ0) is 19.3. The lowest BCUT2D eigenvalue weighted by Crippen LogP contribution is -3.16. The number of methoxy groups -OCH3 is 2.